The molecule has 104 valence electrons. The Labute approximate surface area is 112 Å². The van der Waals surface area contributed by atoms with Crippen LogP contribution in [0.1, 0.15) is 32.8 Å². The molecule has 0 aliphatic carbocycles. The molecule has 1 aliphatic heterocycles. The van der Waals surface area contributed by atoms with Gasteiger partial charge in [0.05, 0.1) is 6.54 Å². The number of nitrogens with zero attached hydrogens (tertiary/aromatic N) is 2. The van der Waals surface area contributed by atoms with Gasteiger partial charge in [0.2, 0.25) is 0 Å². The van der Waals surface area contributed by atoms with Gasteiger partial charge in [0.1, 0.15) is 5.60 Å². The van der Waals surface area contributed by atoms with Crippen LogP contribution in [0.3, 0.4) is 0 Å². The van der Waals surface area contributed by atoms with Crippen molar-refractivity contribution in [3.05, 3.63) is 30.1 Å². The van der Waals surface area contributed by atoms with E-state index in [-0.39, 0.29) is 13.0 Å². The summed E-state index contributed by atoms with van der Waals surface area (Å²) in [4.78, 5) is 17.2. The molecule has 0 aromatic carbocycles. The maximum absolute atomic E-state index is 14.8. The summed E-state index contributed by atoms with van der Waals surface area (Å²) in [6.07, 6.45) is 2.96. The van der Waals surface area contributed by atoms with E-state index in [1.165, 1.54) is 4.90 Å². The predicted molar refractivity (Wildman–Crippen MR) is 69.4 cm³/mol. The Morgan fingerprint density at radius 2 is 2.05 bits per heavy atom. The molecular formula is C14H19FN2O2. The number of pyridine rings is 1. The fraction of sp³-hybridized carbons (Fsp3) is 0.571. The molecule has 0 bridgehead atoms. The number of amides is 1. The lowest BCUT2D eigenvalue weighted by atomic mass is 9.96. The number of aromatic nitrogens is 1. The molecule has 1 atom stereocenters. The highest BCUT2D eigenvalue weighted by Gasteiger charge is 2.42. The molecule has 4 nitrogen and oxygen atoms in total. The van der Waals surface area contributed by atoms with Gasteiger partial charge in [-0.05, 0) is 38.5 Å². The first-order valence-electron chi connectivity index (χ1n) is 6.37. The fourth-order valence-electron chi connectivity index (χ4n) is 2.14. The van der Waals surface area contributed by atoms with Crippen molar-refractivity contribution >= 4 is 6.09 Å². The first kappa shape index (κ1) is 13.8. The summed E-state index contributed by atoms with van der Waals surface area (Å²) in [6, 6.07) is 3.30. The quantitative estimate of drug-likeness (QED) is 0.785. The van der Waals surface area contributed by atoms with Crippen LogP contribution in [0.5, 0.6) is 0 Å². The summed E-state index contributed by atoms with van der Waals surface area (Å²) in [5.74, 6) is 0. The third kappa shape index (κ3) is 3.22. The number of halogens is 1. The largest absolute Gasteiger partial charge is 0.444 e. The molecule has 1 aromatic rings. The van der Waals surface area contributed by atoms with Crippen molar-refractivity contribution in [2.45, 2.75) is 38.5 Å². The van der Waals surface area contributed by atoms with E-state index in [4.69, 9.17) is 4.74 Å². The Hall–Kier alpha value is -1.65. The molecule has 1 aliphatic rings. The summed E-state index contributed by atoms with van der Waals surface area (Å²) >= 11 is 0. The van der Waals surface area contributed by atoms with Crippen LogP contribution in [0.4, 0.5) is 9.18 Å². The molecule has 5 heteroatoms. The number of rotatable bonds is 1. The lowest BCUT2D eigenvalue weighted by molar-refractivity contribution is 0.0257. The third-order valence-corrected chi connectivity index (χ3v) is 3.07. The second kappa shape index (κ2) is 4.79. The van der Waals surface area contributed by atoms with Gasteiger partial charge < -0.3 is 9.64 Å². The molecule has 2 rings (SSSR count). The normalized spacial score (nSPS) is 23.5. The standard InChI is InChI=1S/C14H19FN2O2/c1-13(2,3)19-12(18)17-9-6-14(15,10-17)11-4-7-16-8-5-11/h4-5,7-8H,6,9-10H2,1-3H3/t14-/m0/s1. The number of carbonyl (C=O) groups is 1. The van der Waals surface area contributed by atoms with Crippen LogP contribution in [0.15, 0.2) is 24.5 Å². The maximum Gasteiger partial charge on any atom is 0.410 e. The molecule has 0 N–H and O–H groups in total. The summed E-state index contributed by atoms with van der Waals surface area (Å²) in [5.41, 5.74) is -1.50. The predicted octanol–water partition coefficient (Wildman–Crippen LogP) is 2.89. The van der Waals surface area contributed by atoms with Gasteiger partial charge in [-0.1, -0.05) is 0 Å². The molecule has 1 amide bonds. The van der Waals surface area contributed by atoms with E-state index in [1.54, 1.807) is 45.3 Å². The van der Waals surface area contributed by atoms with Crippen LogP contribution in [-0.2, 0) is 10.4 Å². The van der Waals surface area contributed by atoms with Crippen molar-refractivity contribution in [3.8, 4) is 0 Å². The van der Waals surface area contributed by atoms with Crippen LogP contribution in [0.25, 0.3) is 0 Å². The van der Waals surface area contributed by atoms with E-state index in [2.05, 4.69) is 4.98 Å². The average Bonchev–Trinajstić information content (AvgIpc) is 2.73. The second-order valence-electron chi connectivity index (χ2n) is 5.85. The summed E-state index contributed by atoms with van der Waals surface area (Å²) in [5, 5.41) is 0. The van der Waals surface area contributed by atoms with E-state index in [9.17, 15) is 9.18 Å². The molecule has 1 aromatic heterocycles. The van der Waals surface area contributed by atoms with Crippen molar-refractivity contribution in [1.82, 2.24) is 9.88 Å². The van der Waals surface area contributed by atoms with Crippen molar-refractivity contribution in [3.63, 3.8) is 0 Å². The Morgan fingerprint density at radius 1 is 1.42 bits per heavy atom. The Morgan fingerprint density at radius 3 is 2.63 bits per heavy atom. The van der Waals surface area contributed by atoms with Gasteiger partial charge >= 0.3 is 6.09 Å². The van der Waals surface area contributed by atoms with Crippen LogP contribution in [-0.4, -0.2) is 34.7 Å². The van der Waals surface area contributed by atoms with E-state index in [0.29, 0.717) is 12.1 Å². The zero-order chi connectivity index (χ0) is 14.1. The lowest BCUT2D eigenvalue weighted by Gasteiger charge is -2.25. The number of hydrogen-bond donors (Lipinski definition) is 0. The number of alkyl halides is 1. The van der Waals surface area contributed by atoms with Crippen molar-refractivity contribution < 1.29 is 13.9 Å². The topological polar surface area (TPSA) is 42.4 Å². The number of hydrogen-bond acceptors (Lipinski definition) is 3. The molecule has 2 heterocycles. The lowest BCUT2D eigenvalue weighted by Crippen LogP contribution is -2.37. The first-order valence-corrected chi connectivity index (χ1v) is 6.37. The van der Waals surface area contributed by atoms with Gasteiger partial charge in [-0.25, -0.2) is 9.18 Å². The zero-order valence-electron chi connectivity index (χ0n) is 11.5. The maximum atomic E-state index is 14.8. The molecule has 1 saturated heterocycles. The number of ether oxygens (including phenoxy) is 1. The van der Waals surface area contributed by atoms with Crippen LogP contribution in [0, 0.1) is 0 Å². The van der Waals surface area contributed by atoms with Crippen LogP contribution >= 0.6 is 0 Å². The van der Waals surface area contributed by atoms with Crippen LogP contribution in [0.2, 0.25) is 0 Å². The minimum Gasteiger partial charge on any atom is -0.444 e. The van der Waals surface area contributed by atoms with E-state index >= 15 is 0 Å². The van der Waals surface area contributed by atoms with Crippen molar-refractivity contribution in [1.29, 1.82) is 0 Å². The first-order chi connectivity index (χ1) is 8.80. The summed E-state index contributed by atoms with van der Waals surface area (Å²) in [6.45, 7) is 5.80. The molecule has 0 saturated carbocycles. The summed E-state index contributed by atoms with van der Waals surface area (Å²) < 4.78 is 20.1. The molecule has 0 spiro atoms. The Balaban J connectivity index is 2.06. The second-order valence-corrected chi connectivity index (χ2v) is 5.85. The highest BCUT2D eigenvalue weighted by atomic mass is 19.1. The minimum absolute atomic E-state index is 0.0337. The molecule has 0 radical (unpaired) electrons. The van der Waals surface area contributed by atoms with Crippen LogP contribution < -0.4 is 0 Å². The van der Waals surface area contributed by atoms with Crippen molar-refractivity contribution in [2.75, 3.05) is 13.1 Å². The fourth-order valence-corrected chi connectivity index (χ4v) is 2.14. The van der Waals surface area contributed by atoms with Gasteiger partial charge in [0.25, 0.3) is 0 Å². The van der Waals surface area contributed by atoms with E-state index < -0.39 is 17.4 Å². The monoisotopic (exact) mass is 266 g/mol. The van der Waals surface area contributed by atoms with E-state index in [0.717, 1.165) is 0 Å². The average molecular weight is 266 g/mol. The van der Waals surface area contributed by atoms with E-state index in [1.807, 2.05) is 0 Å². The van der Waals surface area contributed by atoms with Gasteiger partial charge in [-0.3, -0.25) is 4.98 Å². The smallest absolute Gasteiger partial charge is 0.410 e. The molecule has 19 heavy (non-hydrogen) atoms. The molecule has 1 fully saturated rings. The number of likely N-dealkylation sites (tertiary alicyclic amines) is 1. The Kier molecular flexibility index (Phi) is 3.47. The SMILES string of the molecule is CC(C)(C)OC(=O)N1CC[C@@](F)(c2ccncc2)C1. The number of carbonyl (C=O) groups excluding carboxylic acids is 1. The summed E-state index contributed by atoms with van der Waals surface area (Å²) in [7, 11) is 0. The van der Waals surface area contributed by atoms with Crippen molar-refractivity contribution in [2.24, 2.45) is 0 Å². The van der Waals surface area contributed by atoms with Gasteiger partial charge in [-0.2, -0.15) is 0 Å². The van der Waals surface area contributed by atoms with Gasteiger partial charge in [0, 0.05) is 25.4 Å². The minimum atomic E-state index is -1.50. The zero-order valence-corrected chi connectivity index (χ0v) is 11.5. The molecular weight excluding hydrogens is 247 g/mol. The Bertz CT molecular complexity index is 458. The van der Waals surface area contributed by atoms with Gasteiger partial charge in [-0.15, -0.1) is 0 Å². The molecule has 0 unspecified atom stereocenters. The highest BCUT2D eigenvalue weighted by Crippen LogP contribution is 2.36. The van der Waals surface area contributed by atoms with Gasteiger partial charge in [0.15, 0.2) is 5.67 Å². The highest BCUT2D eigenvalue weighted by molar-refractivity contribution is 5.68. The third-order valence-electron chi connectivity index (χ3n) is 3.07.